The molecule has 1 aromatic heterocycles. The number of para-hydroxylation sites is 2. The number of carbonyl (C=O) groups is 1. The summed E-state index contributed by atoms with van der Waals surface area (Å²) in [6.45, 7) is 0.566. The summed E-state index contributed by atoms with van der Waals surface area (Å²) in [5.74, 6) is -0.126. The van der Waals surface area contributed by atoms with Gasteiger partial charge in [-0.05, 0) is 22.9 Å². The molecule has 0 bridgehead atoms. The number of amides is 1. The Morgan fingerprint density at radius 1 is 1.04 bits per heavy atom. The number of benzene rings is 3. The van der Waals surface area contributed by atoms with Crippen LogP contribution in [0.15, 0.2) is 78.2 Å². The third-order valence-corrected chi connectivity index (χ3v) is 4.32. The molecule has 5 heteroatoms. The van der Waals surface area contributed by atoms with Crippen LogP contribution in [0.4, 0.5) is 0 Å². The lowest BCUT2D eigenvalue weighted by atomic mass is 10.1. The van der Waals surface area contributed by atoms with Crippen molar-refractivity contribution in [3.05, 3.63) is 78.6 Å². The summed E-state index contributed by atoms with van der Waals surface area (Å²) >= 11 is 0. The van der Waals surface area contributed by atoms with Crippen molar-refractivity contribution in [1.82, 2.24) is 15.0 Å². The van der Waals surface area contributed by atoms with E-state index in [1.807, 2.05) is 59.2 Å². The van der Waals surface area contributed by atoms with Crippen LogP contribution in [-0.2, 0) is 11.3 Å². The van der Waals surface area contributed by atoms with Crippen molar-refractivity contribution in [2.24, 2.45) is 5.10 Å². The molecule has 0 aliphatic carbocycles. The molecule has 1 heterocycles. The van der Waals surface area contributed by atoms with Crippen molar-refractivity contribution in [3.63, 3.8) is 0 Å². The van der Waals surface area contributed by atoms with Crippen molar-refractivity contribution in [2.45, 2.75) is 13.0 Å². The quantitative estimate of drug-likeness (QED) is 0.444. The molecule has 0 saturated carbocycles. The van der Waals surface area contributed by atoms with E-state index >= 15 is 0 Å². The van der Waals surface area contributed by atoms with Crippen LogP contribution in [0, 0.1) is 0 Å². The highest BCUT2D eigenvalue weighted by Gasteiger charge is 2.04. The smallest absolute Gasteiger partial charge is 0.241 e. The molecule has 0 saturated heterocycles. The van der Waals surface area contributed by atoms with Gasteiger partial charge >= 0.3 is 0 Å². The third kappa shape index (κ3) is 3.32. The Bertz CT molecular complexity index is 1090. The average molecular weight is 342 g/mol. The van der Waals surface area contributed by atoms with E-state index in [0.717, 1.165) is 27.4 Å². The second kappa shape index (κ2) is 7.19. The number of nitrogens with one attached hydrogen (secondary N) is 1. The fourth-order valence-corrected chi connectivity index (χ4v) is 3.00. The normalized spacial score (nSPS) is 11.4. The Hall–Kier alpha value is -3.47. The Balaban J connectivity index is 1.38. The molecule has 0 aliphatic heterocycles. The number of nitrogens with zero attached hydrogens (tertiary/aromatic N) is 3. The average Bonchev–Trinajstić information content (AvgIpc) is 3.10. The van der Waals surface area contributed by atoms with Gasteiger partial charge in [-0.3, -0.25) is 4.79 Å². The molecule has 3 aromatic carbocycles. The lowest BCUT2D eigenvalue weighted by Gasteiger charge is -2.04. The zero-order valence-corrected chi connectivity index (χ0v) is 14.2. The van der Waals surface area contributed by atoms with Crippen LogP contribution in [0.1, 0.15) is 12.0 Å². The van der Waals surface area contributed by atoms with Gasteiger partial charge in [0, 0.05) is 18.5 Å². The van der Waals surface area contributed by atoms with Crippen molar-refractivity contribution in [3.8, 4) is 0 Å². The molecule has 0 unspecified atom stereocenters. The topological polar surface area (TPSA) is 59.3 Å². The number of carbonyl (C=O) groups excluding carboxylic acids is 1. The monoisotopic (exact) mass is 342 g/mol. The van der Waals surface area contributed by atoms with Gasteiger partial charge < -0.3 is 4.57 Å². The van der Waals surface area contributed by atoms with Crippen LogP contribution in [-0.4, -0.2) is 21.7 Å². The van der Waals surface area contributed by atoms with Gasteiger partial charge in [0.1, 0.15) is 0 Å². The number of aryl methyl sites for hydroxylation is 1. The highest BCUT2D eigenvalue weighted by atomic mass is 16.2. The van der Waals surface area contributed by atoms with Gasteiger partial charge in [0.15, 0.2) is 0 Å². The van der Waals surface area contributed by atoms with Crippen molar-refractivity contribution in [2.75, 3.05) is 0 Å². The van der Waals surface area contributed by atoms with Crippen LogP contribution in [0.2, 0.25) is 0 Å². The molecule has 0 spiro atoms. The first-order valence-electron chi connectivity index (χ1n) is 8.51. The zero-order chi connectivity index (χ0) is 17.8. The number of hydrogen-bond donors (Lipinski definition) is 1. The summed E-state index contributed by atoms with van der Waals surface area (Å²) in [6.07, 6.45) is 3.79. The Labute approximate surface area is 151 Å². The van der Waals surface area contributed by atoms with Crippen LogP contribution in [0.25, 0.3) is 21.8 Å². The van der Waals surface area contributed by atoms with Crippen LogP contribution in [0.3, 0.4) is 0 Å². The van der Waals surface area contributed by atoms with Gasteiger partial charge in [-0.25, -0.2) is 10.4 Å². The number of aromatic nitrogens is 2. The predicted molar refractivity (Wildman–Crippen MR) is 104 cm³/mol. The van der Waals surface area contributed by atoms with Crippen molar-refractivity contribution < 1.29 is 4.79 Å². The molecule has 0 aliphatic rings. The molecular formula is C21H18N4O. The van der Waals surface area contributed by atoms with Crippen LogP contribution < -0.4 is 5.43 Å². The van der Waals surface area contributed by atoms with Crippen molar-refractivity contribution >= 4 is 33.9 Å². The van der Waals surface area contributed by atoms with Crippen molar-refractivity contribution in [1.29, 1.82) is 0 Å². The Kier molecular flexibility index (Phi) is 4.43. The number of hydrazone groups is 1. The number of imidazole rings is 1. The zero-order valence-electron chi connectivity index (χ0n) is 14.2. The standard InChI is InChI=1S/C21H18N4O/c26-21(12-13-25-15-22-19-10-3-4-11-20(19)25)24-23-14-17-8-5-7-16-6-1-2-9-18(16)17/h1-11,14-15H,12-13H2,(H,24,26)/b23-14+. The molecule has 0 atom stereocenters. The minimum atomic E-state index is -0.126. The first kappa shape index (κ1) is 16.0. The number of fused-ring (bicyclic) bond motifs is 2. The minimum absolute atomic E-state index is 0.126. The highest BCUT2D eigenvalue weighted by Crippen LogP contribution is 2.16. The molecule has 0 fully saturated rings. The van der Waals surface area contributed by atoms with Gasteiger partial charge in [0.05, 0.1) is 23.6 Å². The molecule has 1 N–H and O–H groups in total. The lowest BCUT2D eigenvalue weighted by Crippen LogP contribution is -2.19. The van der Waals surface area contributed by atoms with Gasteiger partial charge in [-0.1, -0.05) is 54.6 Å². The molecular weight excluding hydrogens is 324 g/mol. The number of hydrogen-bond acceptors (Lipinski definition) is 3. The maximum Gasteiger partial charge on any atom is 0.241 e. The summed E-state index contributed by atoms with van der Waals surface area (Å²) in [5, 5.41) is 6.36. The maximum atomic E-state index is 12.1. The van der Waals surface area contributed by atoms with Crippen LogP contribution in [0.5, 0.6) is 0 Å². The van der Waals surface area contributed by atoms with Gasteiger partial charge in [0.2, 0.25) is 5.91 Å². The van der Waals surface area contributed by atoms with Crippen LogP contribution >= 0.6 is 0 Å². The first-order valence-corrected chi connectivity index (χ1v) is 8.51. The summed E-state index contributed by atoms with van der Waals surface area (Å²) in [6, 6.07) is 22.0. The van der Waals surface area contributed by atoms with E-state index < -0.39 is 0 Å². The van der Waals surface area contributed by atoms with Gasteiger partial charge in [-0.2, -0.15) is 5.10 Å². The molecule has 4 rings (SSSR count). The third-order valence-electron chi connectivity index (χ3n) is 4.32. The van der Waals surface area contributed by atoms with E-state index in [-0.39, 0.29) is 5.91 Å². The van der Waals surface area contributed by atoms with E-state index in [4.69, 9.17) is 0 Å². The largest absolute Gasteiger partial charge is 0.330 e. The first-order chi connectivity index (χ1) is 12.8. The van der Waals surface area contributed by atoms with E-state index in [2.05, 4.69) is 27.6 Å². The molecule has 1 amide bonds. The summed E-state index contributed by atoms with van der Waals surface area (Å²) < 4.78 is 1.98. The van der Waals surface area contributed by atoms with E-state index in [9.17, 15) is 4.79 Å². The van der Waals surface area contributed by atoms with Gasteiger partial charge in [-0.15, -0.1) is 0 Å². The molecule has 0 radical (unpaired) electrons. The van der Waals surface area contributed by atoms with E-state index in [1.165, 1.54) is 0 Å². The SMILES string of the molecule is O=C(CCn1cnc2ccccc21)N/N=C/c1cccc2ccccc12. The Morgan fingerprint density at radius 2 is 1.85 bits per heavy atom. The molecule has 4 aromatic rings. The van der Waals surface area contributed by atoms with E-state index in [1.54, 1.807) is 12.5 Å². The highest BCUT2D eigenvalue weighted by molar-refractivity contribution is 5.99. The van der Waals surface area contributed by atoms with E-state index in [0.29, 0.717) is 13.0 Å². The molecule has 5 nitrogen and oxygen atoms in total. The fourth-order valence-electron chi connectivity index (χ4n) is 3.00. The Morgan fingerprint density at radius 3 is 2.81 bits per heavy atom. The fraction of sp³-hybridized carbons (Fsp3) is 0.0952. The summed E-state index contributed by atoms with van der Waals surface area (Å²) in [7, 11) is 0. The number of rotatable bonds is 5. The maximum absolute atomic E-state index is 12.1. The molecule has 26 heavy (non-hydrogen) atoms. The second-order valence-electron chi connectivity index (χ2n) is 6.04. The second-order valence-corrected chi connectivity index (χ2v) is 6.04. The summed E-state index contributed by atoms with van der Waals surface area (Å²) in [5.41, 5.74) is 5.54. The molecule has 128 valence electrons. The summed E-state index contributed by atoms with van der Waals surface area (Å²) in [4.78, 5) is 16.4. The minimum Gasteiger partial charge on any atom is -0.330 e. The lowest BCUT2D eigenvalue weighted by molar-refractivity contribution is -0.121. The van der Waals surface area contributed by atoms with Gasteiger partial charge in [0.25, 0.3) is 0 Å². The predicted octanol–water partition coefficient (Wildman–Crippen LogP) is 3.73.